The van der Waals surface area contributed by atoms with Crippen LogP contribution in [0.1, 0.15) is 129 Å². The molecule has 208 valence electrons. The molecule has 0 fully saturated rings. The summed E-state index contributed by atoms with van der Waals surface area (Å²) >= 11 is 0. The summed E-state index contributed by atoms with van der Waals surface area (Å²) in [6, 6.07) is -0.643. The molecule has 4 heteroatoms. The Balaban J connectivity index is 3.72. The van der Waals surface area contributed by atoms with E-state index < -0.39 is 12.1 Å². The number of carbonyl (C=O) groups excluding carboxylic acids is 1. The van der Waals surface area contributed by atoms with E-state index in [1.165, 1.54) is 70.6 Å². The number of allylic oxidation sites excluding steroid dienone is 7. The molecule has 0 spiro atoms. The van der Waals surface area contributed by atoms with Gasteiger partial charge in [-0.25, -0.2) is 0 Å². The zero-order valence-corrected chi connectivity index (χ0v) is 23.5. The lowest BCUT2D eigenvalue weighted by Gasteiger charge is -2.19. The molecule has 0 aromatic carbocycles. The Labute approximate surface area is 223 Å². The van der Waals surface area contributed by atoms with Crippen LogP contribution < -0.4 is 5.32 Å². The summed E-state index contributed by atoms with van der Waals surface area (Å²) < 4.78 is 0. The van der Waals surface area contributed by atoms with Crippen LogP contribution in [-0.4, -0.2) is 34.9 Å². The molecule has 0 heterocycles. The largest absolute Gasteiger partial charge is 0.394 e. The molecule has 0 bridgehead atoms. The van der Waals surface area contributed by atoms with Crippen LogP contribution in [0.4, 0.5) is 0 Å². The van der Waals surface area contributed by atoms with E-state index in [0.29, 0.717) is 6.42 Å². The van der Waals surface area contributed by atoms with Gasteiger partial charge in [0.1, 0.15) is 0 Å². The van der Waals surface area contributed by atoms with Crippen LogP contribution in [0.2, 0.25) is 0 Å². The lowest BCUT2D eigenvalue weighted by Crippen LogP contribution is -2.45. The van der Waals surface area contributed by atoms with Crippen molar-refractivity contribution in [2.75, 3.05) is 6.61 Å². The van der Waals surface area contributed by atoms with Crippen LogP contribution >= 0.6 is 0 Å². The molecule has 0 radical (unpaired) electrons. The fraction of sp³-hybridized carbons (Fsp3) is 0.719. The Morgan fingerprint density at radius 2 is 1.19 bits per heavy atom. The molecule has 0 aliphatic carbocycles. The van der Waals surface area contributed by atoms with Crippen LogP contribution in [0.3, 0.4) is 0 Å². The van der Waals surface area contributed by atoms with E-state index in [0.717, 1.165) is 38.5 Å². The summed E-state index contributed by atoms with van der Waals surface area (Å²) in [6.45, 7) is 4.01. The van der Waals surface area contributed by atoms with Gasteiger partial charge in [0, 0.05) is 6.42 Å². The highest BCUT2D eigenvalue weighted by Gasteiger charge is 2.17. The van der Waals surface area contributed by atoms with Crippen molar-refractivity contribution < 1.29 is 15.0 Å². The number of hydrogen-bond donors (Lipinski definition) is 3. The third-order valence-electron chi connectivity index (χ3n) is 6.36. The highest BCUT2D eigenvalue weighted by atomic mass is 16.3. The molecule has 0 aromatic rings. The standard InChI is InChI=1S/C32H57NO3/c1-3-5-7-9-11-13-14-15-16-17-18-20-22-24-26-28-32(36)33-30(29-34)31(35)27-25-23-21-19-12-10-8-6-4-2/h4,6,12-14,19,25,27,30-31,34-35H,3,5,7-11,15-18,20-24,26,28-29H2,1-2H3,(H,33,36)/b6-4+,14-13-,19-12+,27-25+. The lowest BCUT2D eigenvalue weighted by atomic mass is 10.1. The average molecular weight is 504 g/mol. The van der Waals surface area contributed by atoms with Gasteiger partial charge < -0.3 is 15.5 Å². The second kappa shape index (κ2) is 27.9. The van der Waals surface area contributed by atoms with Gasteiger partial charge >= 0.3 is 0 Å². The summed E-state index contributed by atoms with van der Waals surface area (Å²) in [5.41, 5.74) is 0. The third kappa shape index (κ3) is 24.1. The first-order valence-electron chi connectivity index (χ1n) is 14.8. The number of carbonyl (C=O) groups is 1. The third-order valence-corrected chi connectivity index (χ3v) is 6.36. The Hall–Kier alpha value is -1.65. The van der Waals surface area contributed by atoms with Gasteiger partial charge in [0.25, 0.3) is 0 Å². The summed E-state index contributed by atoms with van der Waals surface area (Å²) in [7, 11) is 0. The van der Waals surface area contributed by atoms with E-state index in [1.807, 2.05) is 13.0 Å². The Bertz CT molecular complexity index is 594. The van der Waals surface area contributed by atoms with Crippen molar-refractivity contribution in [3.8, 4) is 0 Å². The molecule has 0 rings (SSSR count). The second-order valence-electron chi connectivity index (χ2n) is 9.80. The zero-order valence-electron chi connectivity index (χ0n) is 23.5. The SMILES string of the molecule is C/C=C/CC/C=C/CC/C=C/C(O)C(CO)NC(=O)CCCCCCCCC/C=C\CCCCCC. The molecule has 0 saturated heterocycles. The van der Waals surface area contributed by atoms with Crippen LogP contribution in [0.25, 0.3) is 0 Å². The van der Waals surface area contributed by atoms with Crippen molar-refractivity contribution >= 4 is 5.91 Å². The maximum absolute atomic E-state index is 12.2. The van der Waals surface area contributed by atoms with Gasteiger partial charge in [0.05, 0.1) is 18.8 Å². The van der Waals surface area contributed by atoms with Crippen LogP contribution in [0.5, 0.6) is 0 Å². The Morgan fingerprint density at radius 1 is 0.694 bits per heavy atom. The van der Waals surface area contributed by atoms with Gasteiger partial charge in [-0.15, -0.1) is 0 Å². The first-order valence-corrected chi connectivity index (χ1v) is 14.8. The van der Waals surface area contributed by atoms with E-state index in [2.05, 4.69) is 48.7 Å². The molecular weight excluding hydrogens is 446 g/mol. The molecule has 0 aliphatic heterocycles. The van der Waals surface area contributed by atoms with Gasteiger partial charge in [-0.1, -0.05) is 107 Å². The number of aliphatic hydroxyl groups excluding tert-OH is 2. The van der Waals surface area contributed by atoms with Crippen molar-refractivity contribution in [1.82, 2.24) is 5.32 Å². The number of unbranched alkanes of at least 4 members (excludes halogenated alkanes) is 13. The highest BCUT2D eigenvalue weighted by Crippen LogP contribution is 2.11. The van der Waals surface area contributed by atoms with E-state index in [9.17, 15) is 15.0 Å². The molecule has 2 unspecified atom stereocenters. The predicted molar refractivity (Wildman–Crippen MR) is 156 cm³/mol. The van der Waals surface area contributed by atoms with E-state index in [1.54, 1.807) is 6.08 Å². The molecule has 3 N–H and O–H groups in total. The zero-order chi connectivity index (χ0) is 26.5. The molecule has 2 atom stereocenters. The minimum absolute atomic E-state index is 0.0907. The number of nitrogens with one attached hydrogen (secondary N) is 1. The molecule has 1 amide bonds. The smallest absolute Gasteiger partial charge is 0.220 e. The number of amides is 1. The predicted octanol–water partition coefficient (Wildman–Crippen LogP) is 8.11. The summed E-state index contributed by atoms with van der Waals surface area (Å²) in [4.78, 5) is 12.2. The molecule has 0 aliphatic rings. The molecule has 0 saturated carbocycles. The molecule has 4 nitrogen and oxygen atoms in total. The Kier molecular flexibility index (Phi) is 26.6. The molecular formula is C32H57NO3. The normalized spacial score (nSPS) is 14.0. The topological polar surface area (TPSA) is 69.6 Å². The first kappa shape index (κ1) is 34.4. The van der Waals surface area contributed by atoms with Crippen LogP contribution in [-0.2, 0) is 4.79 Å². The highest BCUT2D eigenvalue weighted by molar-refractivity contribution is 5.76. The summed E-state index contributed by atoms with van der Waals surface area (Å²) in [5, 5.41) is 22.6. The van der Waals surface area contributed by atoms with Crippen molar-refractivity contribution in [1.29, 1.82) is 0 Å². The van der Waals surface area contributed by atoms with Crippen molar-refractivity contribution in [2.45, 2.75) is 142 Å². The van der Waals surface area contributed by atoms with E-state index >= 15 is 0 Å². The van der Waals surface area contributed by atoms with Crippen molar-refractivity contribution in [3.63, 3.8) is 0 Å². The fourth-order valence-corrected chi connectivity index (χ4v) is 4.03. The minimum Gasteiger partial charge on any atom is -0.394 e. The minimum atomic E-state index is -0.867. The van der Waals surface area contributed by atoms with Gasteiger partial charge in [-0.3, -0.25) is 4.79 Å². The maximum Gasteiger partial charge on any atom is 0.220 e. The number of aliphatic hydroxyl groups is 2. The van der Waals surface area contributed by atoms with Gasteiger partial charge in [0.2, 0.25) is 5.91 Å². The number of rotatable bonds is 25. The van der Waals surface area contributed by atoms with E-state index in [-0.39, 0.29) is 12.5 Å². The average Bonchev–Trinajstić information content (AvgIpc) is 2.88. The van der Waals surface area contributed by atoms with E-state index in [4.69, 9.17) is 0 Å². The van der Waals surface area contributed by atoms with Gasteiger partial charge in [-0.2, -0.15) is 0 Å². The maximum atomic E-state index is 12.2. The van der Waals surface area contributed by atoms with Gasteiger partial charge in [-0.05, 0) is 64.7 Å². The lowest BCUT2D eigenvalue weighted by molar-refractivity contribution is -0.123. The number of hydrogen-bond acceptors (Lipinski definition) is 3. The monoisotopic (exact) mass is 503 g/mol. The second-order valence-corrected chi connectivity index (χ2v) is 9.80. The quantitative estimate of drug-likeness (QED) is 0.0870. The van der Waals surface area contributed by atoms with Crippen LogP contribution in [0.15, 0.2) is 48.6 Å². The van der Waals surface area contributed by atoms with Crippen LogP contribution in [0, 0.1) is 0 Å². The first-order chi connectivity index (χ1) is 17.7. The molecule has 0 aromatic heterocycles. The summed E-state index contributed by atoms with van der Waals surface area (Å²) in [6.07, 6.45) is 36.2. The van der Waals surface area contributed by atoms with Crippen molar-refractivity contribution in [3.05, 3.63) is 48.6 Å². The Morgan fingerprint density at radius 3 is 1.78 bits per heavy atom. The summed E-state index contributed by atoms with van der Waals surface area (Å²) in [5.74, 6) is -0.0907. The van der Waals surface area contributed by atoms with Crippen molar-refractivity contribution in [2.24, 2.45) is 0 Å². The van der Waals surface area contributed by atoms with Gasteiger partial charge in [0.15, 0.2) is 0 Å². The molecule has 36 heavy (non-hydrogen) atoms. The fourth-order valence-electron chi connectivity index (χ4n) is 4.03.